The average molecular weight is 444 g/mol. The van der Waals surface area contributed by atoms with E-state index in [1.54, 1.807) is 30.5 Å². The lowest BCUT2D eigenvalue weighted by molar-refractivity contribution is 0.0916. The van der Waals surface area contributed by atoms with Crippen LogP contribution in [-0.2, 0) is 13.6 Å². The number of nitrogens with one attached hydrogen (secondary N) is 2. The summed E-state index contributed by atoms with van der Waals surface area (Å²) >= 11 is 0. The Bertz CT molecular complexity index is 1220. The number of nitrogens with zero attached hydrogens (tertiary/aromatic N) is 5. The largest absolute Gasteiger partial charge is 0.394 e. The molecule has 0 aliphatic heterocycles. The van der Waals surface area contributed by atoms with E-state index in [4.69, 9.17) is 0 Å². The van der Waals surface area contributed by atoms with Gasteiger partial charge < -0.3 is 20.3 Å². The number of carbonyl (C=O) groups is 1. The number of aryl methyl sites for hydroxylation is 1. The van der Waals surface area contributed by atoms with Gasteiger partial charge in [-0.3, -0.25) is 4.79 Å². The number of aliphatic hydroxyl groups excluding tert-OH is 1. The van der Waals surface area contributed by atoms with E-state index in [1.807, 2.05) is 48.9 Å². The van der Waals surface area contributed by atoms with Crippen LogP contribution in [0.5, 0.6) is 0 Å². The van der Waals surface area contributed by atoms with Crippen molar-refractivity contribution in [2.24, 2.45) is 7.05 Å². The van der Waals surface area contributed by atoms with Crippen LogP contribution >= 0.6 is 0 Å². The Kier molecular flexibility index (Phi) is 6.70. The summed E-state index contributed by atoms with van der Waals surface area (Å²) in [7, 11) is 1.87. The van der Waals surface area contributed by atoms with E-state index in [0.29, 0.717) is 23.6 Å². The van der Waals surface area contributed by atoms with Crippen LogP contribution in [0.3, 0.4) is 0 Å². The van der Waals surface area contributed by atoms with Gasteiger partial charge in [0.25, 0.3) is 5.91 Å². The molecular formula is C24H25N7O2. The first-order chi connectivity index (χ1) is 16.0. The highest BCUT2D eigenvalue weighted by molar-refractivity contribution is 5.95. The maximum absolute atomic E-state index is 12.8. The summed E-state index contributed by atoms with van der Waals surface area (Å²) in [4.78, 5) is 20.9. The minimum atomic E-state index is -0.478. The Morgan fingerprint density at radius 3 is 2.67 bits per heavy atom. The van der Waals surface area contributed by atoms with Crippen LogP contribution in [0.25, 0.3) is 11.5 Å². The number of hydrogen-bond donors (Lipinski definition) is 3. The second-order valence-electron chi connectivity index (χ2n) is 7.65. The van der Waals surface area contributed by atoms with Gasteiger partial charge >= 0.3 is 0 Å². The van der Waals surface area contributed by atoms with Gasteiger partial charge in [-0.25, -0.2) is 9.97 Å². The Morgan fingerprint density at radius 1 is 1.12 bits per heavy atom. The van der Waals surface area contributed by atoms with Crippen LogP contribution in [0.4, 0.5) is 5.69 Å². The maximum Gasteiger partial charge on any atom is 0.251 e. The zero-order chi connectivity index (χ0) is 23.2. The molecule has 0 saturated carbocycles. The molecule has 1 amide bonds. The SMILES string of the molecule is Cc1ccc(C(CO)NC(=O)c2cccc(NCc3nnc(-c4ccncn4)n3C)c2)cc1. The van der Waals surface area contributed by atoms with E-state index in [9.17, 15) is 9.90 Å². The first-order valence-electron chi connectivity index (χ1n) is 10.5. The van der Waals surface area contributed by atoms with Crippen LogP contribution in [0.15, 0.2) is 67.1 Å². The van der Waals surface area contributed by atoms with E-state index in [0.717, 1.165) is 22.6 Å². The molecule has 0 fully saturated rings. The zero-order valence-electron chi connectivity index (χ0n) is 18.4. The molecule has 9 heteroatoms. The molecular weight excluding hydrogens is 418 g/mol. The molecule has 0 radical (unpaired) electrons. The molecule has 3 N–H and O–H groups in total. The summed E-state index contributed by atoms with van der Waals surface area (Å²) < 4.78 is 1.86. The summed E-state index contributed by atoms with van der Waals surface area (Å²) in [6.07, 6.45) is 3.13. The predicted molar refractivity (Wildman–Crippen MR) is 124 cm³/mol. The number of hydrogen-bond acceptors (Lipinski definition) is 7. The molecule has 4 rings (SSSR count). The molecule has 0 bridgehead atoms. The number of aromatic nitrogens is 5. The highest BCUT2D eigenvalue weighted by atomic mass is 16.3. The molecule has 168 valence electrons. The molecule has 0 spiro atoms. The van der Waals surface area contributed by atoms with Gasteiger partial charge in [-0.15, -0.1) is 10.2 Å². The van der Waals surface area contributed by atoms with Crippen LogP contribution in [-0.4, -0.2) is 42.4 Å². The molecule has 1 atom stereocenters. The lowest BCUT2D eigenvalue weighted by Crippen LogP contribution is -2.30. The van der Waals surface area contributed by atoms with Gasteiger partial charge in [0.15, 0.2) is 11.6 Å². The molecule has 0 aliphatic rings. The van der Waals surface area contributed by atoms with Crippen molar-refractivity contribution in [1.29, 1.82) is 0 Å². The fourth-order valence-electron chi connectivity index (χ4n) is 3.39. The van der Waals surface area contributed by atoms with Gasteiger partial charge in [0.1, 0.15) is 12.0 Å². The summed E-state index contributed by atoms with van der Waals surface area (Å²) in [5.41, 5.74) is 3.92. The molecule has 33 heavy (non-hydrogen) atoms. The van der Waals surface area contributed by atoms with E-state index in [1.165, 1.54) is 6.33 Å². The quantitative estimate of drug-likeness (QED) is 0.383. The lowest BCUT2D eigenvalue weighted by Gasteiger charge is -2.17. The van der Waals surface area contributed by atoms with Crippen molar-refractivity contribution in [3.8, 4) is 11.5 Å². The lowest BCUT2D eigenvalue weighted by atomic mass is 10.1. The standard InChI is InChI=1S/C24H25N7O2/c1-16-6-8-17(9-7-16)21(14-32)28-24(33)18-4-3-5-19(12-18)26-13-22-29-30-23(31(22)2)20-10-11-25-15-27-20/h3-12,15,21,26,32H,13-14H2,1-2H3,(H,28,33). The van der Waals surface area contributed by atoms with Gasteiger partial charge in [-0.2, -0.15) is 0 Å². The van der Waals surface area contributed by atoms with Crippen molar-refractivity contribution >= 4 is 11.6 Å². The maximum atomic E-state index is 12.8. The summed E-state index contributed by atoms with van der Waals surface area (Å²) in [6, 6.07) is 16.2. The van der Waals surface area contributed by atoms with Crippen LogP contribution in [0, 0.1) is 6.92 Å². The van der Waals surface area contributed by atoms with Crippen LogP contribution in [0.1, 0.15) is 33.4 Å². The fraction of sp³-hybridized carbons (Fsp3) is 0.208. The monoisotopic (exact) mass is 443 g/mol. The first-order valence-corrected chi connectivity index (χ1v) is 10.5. The van der Waals surface area contributed by atoms with Crippen molar-refractivity contribution in [2.45, 2.75) is 19.5 Å². The zero-order valence-corrected chi connectivity index (χ0v) is 18.4. The second-order valence-corrected chi connectivity index (χ2v) is 7.65. The van der Waals surface area contributed by atoms with E-state index >= 15 is 0 Å². The van der Waals surface area contributed by atoms with E-state index in [2.05, 4.69) is 30.8 Å². The van der Waals surface area contributed by atoms with E-state index < -0.39 is 6.04 Å². The number of benzene rings is 2. The number of anilines is 1. The summed E-state index contributed by atoms with van der Waals surface area (Å²) in [5, 5.41) is 24.4. The topological polar surface area (TPSA) is 118 Å². The predicted octanol–water partition coefficient (Wildman–Crippen LogP) is 2.66. The minimum Gasteiger partial charge on any atom is -0.394 e. The van der Waals surface area contributed by atoms with Crippen molar-refractivity contribution in [3.05, 3.63) is 89.6 Å². The average Bonchev–Trinajstić information content (AvgIpc) is 3.22. The van der Waals surface area contributed by atoms with Gasteiger partial charge in [0.05, 0.1) is 19.2 Å². The molecule has 1 unspecified atom stereocenters. The van der Waals surface area contributed by atoms with Gasteiger partial charge in [-0.05, 0) is 36.8 Å². The van der Waals surface area contributed by atoms with Gasteiger partial charge in [-0.1, -0.05) is 35.9 Å². The van der Waals surface area contributed by atoms with Crippen molar-refractivity contribution in [3.63, 3.8) is 0 Å². The Balaban J connectivity index is 1.42. The highest BCUT2D eigenvalue weighted by Gasteiger charge is 2.16. The normalized spacial score (nSPS) is 11.7. The fourth-order valence-corrected chi connectivity index (χ4v) is 3.39. The van der Waals surface area contributed by atoms with Gasteiger partial charge in [0, 0.05) is 24.5 Å². The number of aliphatic hydroxyl groups is 1. The second kappa shape index (κ2) is 10.0. The number of carbonyl (C=O) groups excluding carboxylic acids is 1. The number of rotatable bonds is 8. The van der Waals surface area contributed by atoms with Crippen molar-refractivity contribution < 1.29 is 9.90 Å². The summed E-state index contributed by atoms with van der Waals surface area (Å²) in [6.45, 7) is 2.22. The van der Waals surface area contributed by atoms with Gasteiger partial charge in [0.2, 0.25) is 0 Å². The highest BCUT2D eigenvalue weighted by Crippen LogP contribution is 2.18. The molecule has 2 aromatic carbocycles. The minimum absolute atomic E-state index is 0.187. The Labute approximate surface area is 191 Å². The number of amides is 1. The molecule has 9 nitrogen and oxygen atoms in total. The molecule has 2 aromatic heterocycles. The summed E-state index contributed by atoms with van der Waals surface area (Å²) in [5.74, 6) is 1.11. The van der Waals surface area contributed by atoms with Crippen molar-refractivity contribution in [1.82, 2.24) is 30.0 Å². The Morgan fingerprint density at radius 2 is 1.94 bits per heavy atom. The third-order valence-electron chi connectivity index (χ3n) is 5.32. The molecule has 4 aromatic rings. The van der Waals surface area contributed by atoms with E-state index in [-0.39, 0.29) is 12.5 Å². The first kappa shape index (κ1) is 22.1. The molecule has 2 heterocycles. The van der Waals surface area contributed by atoms with Crippen LogP contribution < -0.4 is 10.6 Å². The third kappa shape index (κ3) is 5.21. The molecule has 0 aliphatic carbocycles. The third-order valence-corrected chi connectivity index (χ3v) is 5.32. The van der Waals surface area contributed by atoms with Crippen molar-refractivity contribution in [2.75, 3.05) is 11.9 Å². The smallest absolute Gasteiger partial charge is 0.251 e. The van der Waals surface area contributed by atoms with Crippen LogP contribution in [0.2, 0.25) is 0 Å². The Hall–Kier alpha value is -4.11. The molecule has 0 saturated heterocycles.